The van der Waals surface area contributed by atoms with E-state index in [0.29, 0.717) is 17.0 Å². The lowest BCUT2D eigenvalue weighted by atomic mass is 9.98. The van der Waals surface area contributed by atoms with Crippen LogP contribution in [0.25, 0.3) is 0 Å². The molecule has 0 bridgehead atoms. The summed E-state index contributed by atoms with van der Waals surface area (Å²) < 4.78 is 0. The first-order chi connectivity index (χ1) is 14.5. The van der Waals surface area contributed by atoms with Gasteiger partial charge in [-0.3, -0.25) is 0 Å². The van der Waals surface area contributed by atoms with E-state index in [0.717, 1.165) is 35.7 Å². The van der Waals surface area contributed by atoms with Crippen molar-refractivity contribution in [1.82, 2.24) is 9.89 Å². The van der Waals surface area contributed by atoms with Gasteiger partial charge in [0.1, 0.15) is 17.1 Å². The minimum Gasteiger partial charge on any atom is -0.478 e. The van der Waals surface area contributed by atoms with Crippen LogP contribution in [0.15, 0.2) is 64.8 Å². The highest BCUT2D eigenvalue weighted by Crippen LogP contribution is 2.28. The van der Waals surface area contributed by atoms with Crippen LogP contribution in [0.5, 0.6) is 0 Å². The molecule has 0 amide bonds. The van der Waals surface area contributed by atoms with E-state index in [1.165, 1.54) is 4.79 Å². The number of carboxylic acid groups (broad SMARTS) is 1. The van der Waals surface area contributed by atoms with E-state index in [1.54, 1.807) is 30.5 Å². The van der Waals surface area contributed by atoms with Gasteiger partial charge in [-0.05, 0) is 56.7 Å². The fraction of sp³-hybridized carbons (Fsp3) is 0.217. The summed E-state index contributed by atoms with van der Waals surface area (Å²) in [6, 6.07) is 14.8. The Hall–Kier alpha value is -3.74. The van der Waals surface area contributed by atoms with Crippen molar-refractivity contribution in [2.24, 2.45) is 10.1 Å². The van der Waals surface area contributed by atoms with E-state index in [1.807, 2.05) is 19.1 Å². The highest BCUT2D eigenvalue weighted by molar-refractivity contribution is 6.55. The number of carbonyl (C=O) groups is 1. The molecule has 1 aliphatic heterocycles. The first kappa shape index (κ1) is 19.6. The first-order valence-electron chi connectivity index (χ1n) is 9.94. The van der Waals surface area contributed by atoms with Crippen LogP contribution in [-0.4, -0.2) is 45.5 Å². The standard InChI is InChI=1S/C23H23N5O2/c1-4-27(5-2)16-10-11-19(15(3)14-16)25-22-20-12-13-24-28(20)26-21(22)17-8-6-7-9-18(17)23(29)30/h6-14H,4-5H2,1-3H3,(H,29,30). The summed E-state index contributed by atoms with van der Waals surface area (Å²) in [5.41, 5.74) is 5.56. The van der Waals surface area contributed by atoms with Gasteiger partial charge >= 0.3 is 5.97 Å². The molecule has 0 spiro atoms. The minimum atomic E-state index is -1.00. The molecule has 7 heteroatoms. The van der Waals surface area contributed by atoms with Crippen LogP contribution in [0.2, 0.25) is 0 Å². The van der Waals surface area contributed by atoms with Gasteiger partial charge in [0.05, 0.1) is 17.4 Å². The van der Waals surface area contributed by atoms with Crippen molar-refractivity contribution < 1.29 is 9.90 Å². The molecule has 0 saturated heterocycles. The summed E-state index contributed by atoms with van der Waals surface area (Å²) >= 11 is 0. The van der Waals surface area contributed by atoms with Crippen LogP contribution in [0, 0.1) is 6.92 Å². The maximum absolute atomic E-state index is 11.7. The topological polar surface area (TPSA) is 83.1 Å². The average molecular weight is 401 g/mol. The third kappa shape index (κ3) is 3.39. The summed E-state index contributed by atoms with van der Waals surface area (Å²) in [6.45, 7) is 8.17. The average Bonchev–Trinajstić information content (AvgIpc) is 3.33. The van der Waals surface area contributed by atoms with Crippen molar-refractivity contribution >= 4 is 28.8 Å². The second kappa shape index (κ2) is 7.94. The summed E-state index contributed by atoms with van der Waals surface area (Å²) in [7, 11) is 0. The molecule has 30 heavy (non-hydrogen) atoms. The fourth-order valence-electron chi connectivity index (χ4n) is 3.65. The summed E-state index contributed by atoms with van der Waals surface area (Å²) in [5, 5.41) is 18.4. The van der Waals surface area contributed by atoms with Crippen LogP contribution in [-0.2, 0) is 0 Å². The second-order valence-corrected chi connectivity index (χ2v) is 7.01. The van der Waals surface area contributed by atoms with Crippen LogP contribution < -0.4 is 4.90 Å². The molecule has 0 fully saturated rings. The van der Waals surface area contributed by atoms with Crippen molar-refractivity contribution in [3.63, 3.8) is 0 Å². The Labute approximate surface area is 175 Å². The Bertz CT molecular complexity index is 1170. The molecule has 7 nitrogen and oxygen atoms in total. The molecule has 2 heterocycles. The van der Waals surface area contributed by atoms with E-state index in [2.05, 4.69) is 41.1 Å². The van der Waals surface area contributed by atoms with E-state index >= 15 is 0 Å². The number of nitrogens with zero attached hydrogens (tertiary/aromatic N) is 5. The van der Waals surface area contributed by atoms with Crippen LogP contribution in [0.4, 0.5) is 11.4 Å². The number of aromatic nitrogens is 2. The van der Waals surface area contributed by atoms with Crippen molar-refractivity contribution in [2.75, 3.05) is 18.0 Å². The van der Waals surface area contributed by atoms with Crippen LogP contribution in [0.1, 0.15) is 41.0 Å². The van der Waals surface area contributed by atoms with Gasteiger partial charge < -0.3 is 10.0 Å². The van der Waals surface area contributed by atoms with Gasteiger partial charge in [0.2, 0.25) is 0 Å². The summed E-state index contributed by atoms with van der Waals surface area (Å²) in [4.78, 5) is 20.4. The van der Waals surface area contributed by atoms with Crippen molar-refractivity contribution in [1.29, 1.82) is 0 Å². The molecular formula is C23H23N5O2. The van der Waals surface area contributed by atoms with Gasteiger partial charge in [0, 0.05) is 24.3 Å². The maximum Gasteiger partial charge on any atom is 0.336 e. The van der Waals surface area contributed by atoms with Gasteiger partial charge in [-0.1, -0.05) is 18.2 Å². The number of anilines is 1. The molecule has 0 radical (unpaired) electrons. The van der Waals surface area contributed by atoms with Crippen LogP contribution >= 0.6 is 0 Å². The highest BCUT2D eigenvalue weighted by Gasteiger charge is 2.28. The van der Waals surface area contributed by atoms with Gasteiger partial charge in [-0.25, -0.2) is 9.79 Å². The number of benzene rings is 2. The molecule has 2 aromatic carbocycles. The number of hydrogen-bond donors (Lipinski definition) is 1. The zero-order valence-corrected chi connectivity index (χ0v) is 17.2. The molecule has 152 valence electrons. The quantitative estimate of drug-likeness (QED) is 0.673. The molecule has 1 aliphatic rings. The molecule has 0 saturated carbocycles. The van der Waals surface area contributed by atoms with E-state index < -0.39 is 5.97 Å². The van der Waals surface area contributed by atoms with Gasteiger partial charge in [0.25, 0.3) is 0 Å². The molecule has 4 rings (SSSR count). The van der Waals surface area contributed by atoms with E-state index in [9.17, 15) is 9.90 Å². The summed E-state index contributed by atoms with van der Waals surface area (Å²) in [6.07, 6.45) is 1.66. The predicted molar refractivity (Wildman–Crippen MR) is 119 cm³/mol. The Kier molecular flexibility index (Phi) is 5.18. The SMILES string of the molecule is CCN(CC)c1ccc(N=C2C(c3ccccc3C(=O)O)=Nn3nccc32)c(C)c1. The van der Waals surface area contributed by atoms with Crippen molar-refractivity contribution in [2.45, 2.75) is 20.8 Å². The number of aryl methyl sites for hydroxylation is 1. The minimum absolute atomic E-state index is 0.184. The Balaban J connectivity index is 1.82. The number of hydrogen-bond acceptors (Lipinski definition) is 5. The number of rotatable bonds is 6. The largest absolute Gasteiger partial charge is 0.478 e. The van der Waals surface area contributed by atoms with E-state index in [4.69, 9.17) is 4.99 Å². The smallest absolute Gasteiger partial charge is 0.336 e. The molecule has 1 N–H and O–H groups in total. The lowest BCUT2D eigenvalue weighted by Crippen LogP contribution is -2.21. The monoisotopic (exact) mass is 401 g/mol. The first-order valence-corrected chi connectivity index (χ1v) is 9.94. The predicted octanol–water partition coefficient (Wildman–Crippen LogP) is 4.12. The molecular weight excluding hydrogens is 378 g/mol. The third-order valence-electron chi connectivity index (χ3n) is 5.24. The van der Waals surface area contributed by atoms with E-state index in [-0.39, 0.29) is 5.56 Å². The number of aromatic carboxylic acids is 1. The molecule has 0 atom stereocenters. The van der Waals surface area contributed by atoms with Gasteiger partial charge in [-0.15, -0.1) is 9.89 Å². The Morgan fingerprint density at radius 1 is 1.13 bits per heavy atom. The molecule has 0 unspecified atom stereocenters. The normalized spacial score (nSPS) is 14.0. The Morgan fingerprint density at radius 3 is 2.60 bits per heavy atom. The number of fused-ring (bicyclic) bond motifs is 1. The lowest BCUT2D eigenvalue weighted by Gasteiger charge is -2.21. The van der Waals surface area contributed by atoms with Crippen LogP contribution in [0.3, 0.4) is 0 Å². The number of aliphatic imine (C=N–C) groups is 1. The highest BCUT2D eigenvalue weighted by atomic mass is 16.4. The zero-order chi connectivity index (χ0) is 21.3. The van der Waals surface area contributed by atoms with Crippen molar-refractivity contribution in [3.8, 4) is 0 Å². The molecule has 0 aliphatic carbocycles. The molecule has 1 aromatic heterocycles. The summed E-state index contributed by atoms with van der Waals surface area (Å²) in [5.74, 6) is -1.00. The fourth-order valence-corrected chi connectivity index (χ4v) is 3.65. The lowest BCUT2D eigenvalue weighted by molar-refractivity contribution is 0.0696. The zero-order valence-electron chi connectivity index (χ0n) is 17.2. The second-order valence-electron chi connectivity index (χ2n) is 7.01. The maximum atomic E-state index is 11.7. The van der Waals surface area contributed by atoms with Crippen molar-refractivity contribution in [3.05, 3.63) is 77.1 Å². The van der Waals surface area contributed by atoms with Gasteiger partial charge in [0.15, 0.2) is 0 Å². The Morgan fingerprint density at radius 2 is 1.90 bits per heavy atom. The molecule has 3 aromatic rings. The number of carboxylic acids is 1. The third-order valence-corrected chi connectivity index (χ3v) is 5.24. The van der Waals surface area contributed by atoms with Gasteiger partial charge in [-0.2, -0.15) is 5.10 Å².